The van der Waals surface area contributed by atoms with E-state index in [2.05, 4.69) is 16.9 Å². The molecular weight excluding hydrogens is 348 g/mol. The summed E-state index contributed by atoms with van der Waals surface area (Å²) in [6.07, 6.45) is 1.44. The standard InChI is InChI=1S/C20H26N2O3S/c1-2-10-26(23,24)22-13-16-8-9-20-18(12-16)17(19(21)14-25-20)11-15-6-4-3-5-7-15/h3-9,12,17,19,22H,2,10-11,13-14,21H2,1H3/t17-,19-/m1/s1. The Labute approximate surface area is 155 Å². The van der Waals surface area contributed by atoms with Crippen molar-refractivity contribution in [2.45, 2.75) is 38.3 Å². The number of nitrogens with two attached hydrogens (primary N) is 1. The quantitative estimate of drug-likeness (QED) is 0.780. The van der Waals surface area contributed by atoms with Crippen molar-refractivity contribution < 1.29 is 13.2 Å². The summed E-state index contributed by atoms with van der Waals surface area (Å²) >= 11 is 0. The molecule has 0 fully saturated rings. The highest BCUT2D eigenvalue weighted by Crippen LogP contribution is 2.36. The van der Waals surface area contributed by atoms with Gasteiger partial charge in [0, 0.05) is 18.5 Å². The monoisotopic (exact) mass is 374 g/mol. The molecule has 1 aliphatic heterocycles. The number of ether oxygens (including phenoxy) is 1. The Kier molecular flexibility index (Phi) is 5.96. The summed E-state index contributed by atoms with van der Waals surface area (Å²) < 4.78 is 32.2. The van der Waals surface area contributed by atoms with E-state index in [1.165, 1.54) is 5.56 Å². The number of rotatable bonds is 7. The van der Waals surface area contributed by atoms with Crippen LogP contribution in [0.1, 0.15) is 36.0 Å². The van der Waals surface area contributed by atoms with Gasteiger partial charge < -0.3 is 10.5 Å². The molecule has 1 aliphatic rings. The van der Waals surface area contributed by atoms with Crippen LogP contribution in [0.15, 0.2) is 48.5 Å². The Balaban J connectivity index is 1.81. The van der Waals surface area contributed by atoms with E-state index in [0.717, 1.165) is 23.3 Å². The first-order valence-corrected chi connectivity index (χ1v) is 10.7. The molecule has 2 atom stereocenters. The van der Waals surface area contributed by atoms with Crippen molar-refractivity contribution in [2.24, 2.45) is 5.73 Å². The minimum Gasteiger partial charge on any atom is -0.492 e. The first-order chi connectivity index (χ1) is 12.5. The second-order valence-corrected chi connectivity index (χ2v) is 8.71. The zero-order valence-corrected chi connectivity index (χ0v) is 15.8. The van der Waals surface area contributed by atoms with Crippen molar-refractivity contribution in [1.29, 1.82) is 0 Å². The molecule has 26 heavy (non-hydrogen) atoms. The van der Waals surface area contributed by atoms with Crippen molar-refractivity contribution in [2.75, 3.05) is 12.4 Å². The van der Waals surface area contributed by atoms with Crippen molar-refractivity contribution in [3.05, 3.63) is 65.2 Å². The maximum Gasteiger partial charge on any atom is 0.211 e. The summed E-state index contributed by atoms with van der Waals surface area (Å²) in [6.45, 7) is 2.63. The number of sulfonamides is 1. The molecule has 6 heteroatoms. The van der Waals surface area contributed by atoms with Crippen LogP contribution in [0.3, 0.4) is 0 Å². The van der Waals surface area contributed by atoms with Gasteiger partial charge in [0.25, 0.3) is 0 Å². The van der Waals surface area contributed by atoms with Crippen LogP contribution in [0.5, 0.6) is 5.75 Å². The number of benzene rings is 2. The maximum atomic E-state index is 11.9. The van der Waals surface area contributed by atoms with Gasteiger partial charge in [0.05, 0.1) is 5.75 Å². The van der Waals surface area contributed by atoms with E-state index >= 15 is 0 Å². The van der Waals surface area contributed by atoms with Gasteiger partial charge in [-0.15, -0.1) is 0 Å². The predicted molar refractivity (Wildman–Crippen MR) is 104 cm³/mol. The highest BCUT2D eigenvalue weighted by atomic mass is 32.2. The average Bonchev–Trinajstić information content (AvgIpc) is 2.63. The molecule has 5 nitrogen and oxygen atoms in total. The average molecular weight is 375 g/mol. The van der Waals surface area contributed by atoms with Gasteiger partial charge in [-0.1, -0.05) is 49.4 Å². The molecule has 2 aromatic carbocycles. The molecule has 0 aromatic heterocycles. The molecule has 0 saturated carbocycles. The zero-order valence-electron chi connectivity index (χ0n) is 15.0. The van der Waals surface area contributed by atoms with Crippen LogP contribution < -0.4 is 15.2 Å². The first kappa shape index (κ1) is 18.9. The fourth-order valence-electron chi connectivity index (χ4n) is 3.33. The molecule has 2 aromatic rings. The Morgan fingerprint density at radius 3 is 2.65 bits per heavy atom. The fraction of sp³-hybridized carbons (Fsp3) is 0.400. The second kappa shape index (κ2) is 8.20. The minimum absolute atomic E-state index is 0.0882. The van der Waals surface area contributed by atoms with E-state index in [4.69, 9.17) is 10.5 Å². The third kappa shape index (κ3) is 4.63. The van der Waals surface area contributed by atoms with Crippen LogP contribution in [-0.2, 0) is 23.0 Å². The topological polar surface area (TPSA) is 81.4 Å². The van der Waals surface area contributed by atoms with Crippen molar-refractivity contribution in [1.82, 2.24) is 4.72 Å². The normalized spacial score (nSPS) is 19.6. The number of fused-ring (bicyclic) bond motifs is 1. The number of hydrogen-bond acceptors (Lipinski definition) is 4. The Bertz CT molecular complexity index is 837. The maximum absolute atomic E-state index is 11.9. The lowest BCUT2D eigenvalue weighted by Gasteiger charge is -2.32. The Morgan fingerprint density at radius 2 is 1.92 bits per heavy atom. The van der Waals surface area contributed by atoms with Crippen LogP contribution in [-0.4, -0.2) is 26.8 Å². The van der Waals surface area contributed by atoms with Gasteiger partial charge in [-0.3, -0.25) is 0 Å². The lowest BCUT2D eigenvalue weighted by molar-refractivity contribution is 0.238. The van der Waals surface area contributed by atoms with E-state index in [0.29, 0.717) is 13.0 Å². The molecule has 0 radical (unpaired) electrons. The first-order valence-electron chi connectivity index (χ1n) is 9.01. The van der Waals surface area contributed by atoms with Crippen molar-refractivity contribution in [3.63, 3.8) is 0 Å². The molecule has 0 spiro atoms. The van der Waals surface area contributed by atoms with Gasteiger partial charge in [-0.05, 0) is 35.6 Å². The predicted octanol–water partition coefficient (Wildman–Crippen LogP) is 2.56. The lowest BCUT2D eigenvalue weighted by Crippen LogP contribution is -2.39. The summed E-state index contributed by atoms with van der Waals surface area (Å²) in [4.78, 5) is 0. The molecule has 0 aliphatic carbocycles. The van der Waals surface area contributed by atoms with E-state index in [9.17, 15) is 8.42 Å². The van der Waals surface area contributed by atoms with Gasteiger partial charge in [0.15, 0.2) is 0 Å². The number of hydrogen-bond donors (Lipinski definition) is 2. The van der Waals surface area contributed by atoms with E-state index in [-0.39, 0.29) is 24.3 Å². The van der Waals surface area contributed by atoms with Gasteiger partial charge >= 0.3 is 0 Å². The van der Waals surface area contributed by atoms with Crippen LogP contribution in [0.25, 0.3) is 0 Å². The molecule has 0 saturated heterocycles. The third-order valence-electron chi connectivity index (χ3n) is 4.69. The lowest BCUT2D eigenvalue weighted by atomic mass is 9.84. The van der Waals surface area contributed by atoms with E-state index < -0.39 is 10.0 Å². The van der Waals surface area contributed by atoms with E-state index in [1.807, 2.05) is 43.3 Å². The summed E-state index contributed by atoms with van der Waals surface area (Å²) in [6, 6.07) is 16.0. The minimum atomic E-state index is -3.23. The van der Waals surface area contributed by atoms with Crippen molar-refractivity contribution >= 4 is 10.0 Å². The van der Waals surface area contributed by atoms with Gasteiger partial charge in [0.1, 0.15) is 12.4 Å². The molecule has 0 bridgehead atoms. The van der Waals surface area contributed by atoms with Gasteiger partial charge in [-0.2, -0.15) is 0 Å². The SMILES string of the molecule is CCCS(=O)(=O)NCc1ccc2c(c1)[C@@H](Cc1ccccc1)[C@H](N)CO2. The highest BCUT2D eigenvalue weighted by molar-refractivity contribution is 7.89. The van der Waals surface area contributed by atoms with Gasteiger partial charge in [-0.25, -0.2) is 13.1 Å². The molecule has 1 heterocycles. The molecule has 0 amide bonds. The smallest absolute Gasteiger partial charge is 0.211 e. The van der Waals surface area contributed by atoms with E-state index in [1.54, 1.807) is 0 Å². The Morgan fingerprint density at radius 1 is 1.15 bits per heavy atom. The van der Waals surface area contributed by atoms with Crippen LogP contribution in [0, 0.1) is 0 Å². The zero-order chi connectivity index (χ0) is 18.6. The van der Waals surface area contributed by atoms with Crippen LogP contribution in [0.4, 0.5) is 0 Å². The summed E-state index contributed by atoms with van der Waals surface area (Å²) in [5.41, 5.74) is 9.54. The van der Waals surface area contributed by atoms with Crippen LogP contribution >= 0.6 is 0 Å². The van der Waals surface area contributed by atoms with Gasteiger partial charge in [0.2, 0.25) is 10.0 Å². The molecule has 140 valence electrons. The van der Waals surface area contributed by atoms with Crippen LogP contribution in [0.2, 0.25) is 0 Å². The summed E-state index contributed by atoms with van der Waals surface area (Å²) in [5.74, 6) is 1.13. The second-order valence-electron chi connectivity index (χ2n) is 6.78. The summed E-state index contributed by atoms with van der Waals surface area (Å²) in [5, 5.41) is 0. The summed E-state index contributed by atoms with van der Waals surface area (Å²) in [7, 11) is -3.23. The molecule has 3 rings (SSSR count). The van der Waals surface area contributed by atoms with Crippen molar-refractivity contribution in [3.8, 4) is 5.75 Å². The molecule has 3 N–H and O–H groups in total. The largest absolute Gasteiger partial charge is 0.492 e. The fourth-order valence-corrected chi connectivity index (χ4v) is 4.39. The molecular formula is C20H26N2O3S. The third-order valence-corrected chi connectivity index (χ3v) is 6.22. The number of nitrogens with one attached hydrogen (secondary N) is 1. The molecule has 0 unspecified atom stereocenters. The highest BCUT2D eigenvalue weighted by Gasteiger charge is 2.29. The Hall–Kier alpha value is -1.89.